The Balaban J connectivity index is 2.53. The molecule has 66 valence electrons. The summed E-state index contributed by atoms with van der Waals surface area (Å²) in [7, 11) is 0. The first-order chi connectivity index (χ1) is 6.29. The first-order valence-corrected chi connectivity index (χ1v) is 4.19. The van der Waals surface area contributed by atoms with Crippen molar-refractivity contribution in [2.45, 2.75) is 6.92 Å². The Hall–Kier alpha value is -1.61. The number of ketones is 1. The molecule has 0 radical (unpaired) electrons. The van der Waals surface area contributed by atoms with Gasteiger partial charge in [0, 0.05) is 5.56 Å². The van der Waals surface area contributed by atoms with Crippen LogP contribution in [0.15, 0.2) is 30.5 Å². The monoisotopic (exact) mass is 175 g/mol. The van der Waals surface area contributed by atoms with Crippen molar-refractivity contribution in [3.05, 3.63) is 36.0 Å². The van der Waals surface area contributed by atoms with Gasteiger partial charge in [-0.3, -0.25) is 4.79 Å². The fraction of sp³-hybridized carbons (Fsp3) is 0.100. The molecule has 0 unspecified atom stereocenters. The van der Waals surface area contributed by atoms with Gasteiger partial charge in [0.2, 0.25) is 0 Å². The van der Waals surface area contributed by atoms with Crippen molar-refractivity contribution < 1.29 is 10.2 Å². The molecule has 0 saturated heterocycles. The van der Waals surface area contributed by atoms with Crippen LogP contribution in [0.3, 0.4) is 0 Å². The van der Waals surface area contributed by atoms with Crippen LogP contribution in [0.1, 0.15) is 12.5 Å². The van der Waals surface area contributed by atoms with Crippen molar-refractivity contribution in [2.75, 3.05) is 5.43 Å². The number of hydrogen-bond acceptors (Lipinski definition) is 2. The molecule has 0 bridgehead atoms. The number of Topliss-reactive ketones (excluding diaryl/α,β-unsaturated/α-hetero) is 1. The second-order valence-electron chi connectivity index (χ2n) is 2.99. The Morgan fingerprint density at radius 2 is 2.15 bits per heavy atom. The molecule has 13 heavy (non-hydrogen) atoms. The van der Waals surface area contributed by atoms with Gasteiger partial charge in [-0.25, -0.2) is 10.9 Å². The summed E-state index contributed by atoms with van der Waals surface area (Å²) in [5.74, 6) is 0.102. The minimum absolute atomic E-state index is 0.102. The van der Waals surface area contributed by atoms with Gasteiger partial charge in [-0.1, -0.05) is 18.2 Å². The number of fused-ring (bicyclic) bond motifs is 1. The molecule has 1 aromatic carbocycles. The van der Waals surface area contributed by atoms with Crippen LogP contribution in [-0.4, -0.2) is 5.78 Å². The fourth-order valence-electron chi connectivity index (χ4n) is 1.46. The molecule has 0 atom stereocenters. The second-order valence-corrected chi connectivity index (χ2v) is 2.99. The Morgan fingerprint density at radius 3 is 2.92 bits per heavy atom. The highest BCUT2D eigenvalue weighted by molar-refractivity contribution is 6.20. The van der Waals surface area contributed by atoms with Crippen LogP contribution < -0.4 is 10.9 Å². The lowest BCUT2D eigenvalue weighted by atomic mass is 10.0. The van der Waals surface area contributed by atoms with E-state index in [-0.39, 0.29) is 5.78 Å². The Labute approximate surface area is 76.4 Å². The van der Waals surface area contributed by atoms with Crippen molar-refractivity contribution in [1.29, 1.82) is 0 Å². The normalized spacial score (nSPS) is 14.1. The number of nitrogen functional groups attached to an aromatic ring is 1. The number of carbonyl (C=O) groups is 1. The van der Waals surface area contributed by atoms with Crippen molar-refractivity contribution in [3.8, 4) is 0 Å². The lowest BCUT2D eigenvalue weighted by Gasteiger charge is -2.14. The zero-order valence-electron chi connectivity index (χ0n) is 7.37. The summed E-state index contributed by atoms with van der Waals surface area (Å²) in [5.41, 5.74) is 7.64. The first-order valence-electron chi connectivity index (χ1n) is 4.19. The number of anilines is 1. The predicted octanol–water partition coefficient (Wildman–Crippen LogP) is 0.520. The molecule has 1 heterocycles. The number of nitrogens with one attached hydrogen (secondary N) is 1. The largest absolute Gasteiger partial charge is 0.294 e. The molecule has 0 amide bonds. The average molecular weight is 175 g/mol. The van der Waals surface area contributed by atoms with Gasteiger partial charge in [-0.05, 0) is 13.0 Å². The quantitative estimate of drug-likeness (QED) is 0.611. The fourth-order valence-corrected chi connectivity index (χ4v) is 1.46. The van der Waals surface area contributed by atoms with Gasteiger partial charge in [-0.15, -0.1) is 0 Å². The SMILES string of the molecule is CC(=O)C1=C[NH2+]Nc2ccccc21. The topological polar surface area (TPSA) is 45.7 Å². The van der Waals surface area contributed by atoms with E-state index in [9.17, 15) is 4.79 Å². The predicted molar refractivity (Wildman–Crippen MR) is 50.6 cm³/mol. The van der Waals surface area contributed by atoms with Crippen molar-refractivity contribution >= 4 is 17.0 Å². The van der Waals surface area contributed by atoms with Gasteiger partial charge in [-0.2, -0.15) is 0 Å². The van der Waals surface area contributed by atoms with Gasteiger partial charge < -0.3 is 0 Å². The number of nitrogens with two attached hydrogens (primary N) is 1. The Morgan fingerprint density at radius 1 is 1.38 bits per heavy atom. The van der Waals surface area contributed by atoms with Crippen LogP contribution in [-0.2, 0) is 4.79 Å². The summed E-state index contributed by atoms with van der Waals surface area (Å²) < 4.78 is 0. The number of quaternary nitrogens is 1. The van der Waals surface area contributed by atoms with E-state index in [0.717, 1.165) is 16.8 Å². The number of benzene rings is 1. The zero-order chi connectivity index (χ0) is 9.26. The minimum Gasteiger partial charge on any atom is -0.294 e. The highest BCUT2D eigenvalue weighted by Crippen LogP contribution is 2.23. The van der Waals surface area contributed by atoms with Crippen LogP contribution in [0, 0.1) is 0 Å². The minimum atomic E-state index is 0.102. The molecule has 0 fully saturated rings. The van der Waals surface area contributed by atoms with Crippen LogP contribution in [0.2, 0.25) is 0 Å². The molecule has 2 rings (SSSR count). The van der Waals surface area contributed by atoms with Gasteiger partial charge in [0.15, 0.2) is 5.78 Å². The van der Waals surface area contributed by atoms with E-state index in [0.29, 0.717) is 0 Å². The molecule has 1 aromatic rings. The van der Waals surface area contributed by atoms with E-state index < -0.39 is 0 Å². The summed E-state index contributed by atoms with van der Waals surface area (Å²) in [6, 6.07) is 7.79. The highest BCUT2D eigenvalue weighted by Gasteiger charge is 2.16. The van der Waals surface area contributed by atoms with Crippen LogP contribution in [0.4, 0.5) is 5.69 Å². The number of allylic oxidation sites excluding steroid dienone is 1. The Bertz CT molecular complexity index is 382. The lowest BCUT2D eigenvalue weighted by molar-refractivity contribution is -0.555. The molecular weight excluding hydrogens is 164 g/mol. The molecule has 3 N–H and O–H groups in total. The van der Waals surface area contributed by atoms with Gasteiger partial charge in [0.25, 0.3) is 0 Å². The van der Waals surface area contributed by atoms with E-state index in [1.54, 1.807) is 12.3 Å². The van der Waals surface area contributed by atoms with Crippen LogP contribution in [0.5, 0.6) is 0 Å². The second kappa shape index (κ2) is 3.03. The van der Waals surface area contributed by atoms with Gasteiger partial charge >= 0.3 is 0 Å². The summed E-state index contributed by atoms with van der Waals surface area (Å²) >= 11 is 0. The maximum atomic E-state index is 11.2. The smallest absolute Gasteiger partial charge is 0.165 e. The third-order valence-corrected chi connectivity index (χ3v) is 2.09. The van der Waals surface area contributed by atoms with Crippen molar-refractivity contribution in [3.63, 3.8) is 0 Å². The molecule has 0 aromatic heterocycles. The zero-order valence-corrected chi connectivity index (χ0v) is 7.37. The molecule has 3 heteroatoms. The van der Waals surface area contributed by atoms with Crippen LogP contribution in [0.25, 0.3) is 5.57 Å². The van der Waals surface area contributed by atoms with E-state index in [4.69, 9.17) is 0 Å². The van der Waals surface area contributed by atoms with Crippen molar-refractivity contribution in [1.82, 2.24) is 0 Å². The van der Waals surface area contributed by atoms with E-state index in [1.165, 1.54) is 0 Å². The van der Waals surface area contributed by atoms with Gasteiger partial charge in [0.1, 0.15) is 6.20 Å². The third-order valence-electron chi connectivity index (χ3n) is 2.09. The highest BCUT2D eigenvalue weighted by atomic mass is 16.1. The van der Waals surface area contributed by atoms with E-state index in [1.807, 2.05) is 30.5 Å². The summed E-state index contributed by atoms with van der Waals surface area (Å²) in [5, 5.41) is 0. The first kappa shape index (κ1) is 8.01. The Kier molecular flexibility index (Phi) is 1.87. The summed E-state index contributed by atoms with van der Waals surface area (Å²) in [4.78, 5) is 11.2. The molecule has 0 aliphatic carbocycles. The standard InChI is InChI=1S/C10H10N2O/c1-7(13)9-6-11-12-10-5-3-2-4-8(9)10/h2-6,11-12H,1H3/p+1. The van der Waals surface area contributed by atoms with E-state index in [2.05, 4.69) is 5.43 Å². The molecule has 0 spiro atoms. The van der Waals surface area contributed by atoms with E-state index >= 15 is 0 Å². The molecule has 0 saturated carbocycles. The number of rotatable bonds is 1. The maximum Gasteiger partial charge on any atom is 0.165 e. The van der Waals surface area contributed by atoms with Crippen molar-refractivity contribution in [2.24, 2.45) is 0 Å². The lowest BCUT2D eigenvalue weighted by Crippen LogP contribution is -2.84. The molecule has 1 aliphatic heterocycles. The number of para-hydroxylation sites is 1. The third kappa shape index (κ3) is 1.34. The number of carbonyl (C=O) groups excluding carboxylic acids is 1. The molecular formula is C10H11N2O+. The number of hydrogen-bond donors (Lipinski definition) is 2. The average Bonchev–Trinajstić information content (AvgIpc) is 2.17. The molecule has 1 aliphatic rings. The summed E-state index contributed by atoms with van der Waals surface area (Å²) in [6.45, 7) is 1.59. The maximum absolute atomic E-state index is 11.2. The molecule has 3 nitrogen and oxygen atoms in total. The van der Waals surface area contributed by atoms with Crippen LogP contribution >= 0.6 is 0 Å². The van der Waals surface area contributed by atoms with Gasteiger partial charge in [0.05, 0.1) is 11.3 Å². The summed E-state index contributed by atoms with van der Waals surface area (Å²) in [6.07, 6.45) is 1.81.